The van der Waals surface area contributed by atoms with Crippen LogP contribution in [0.25, 0.3) is 0 Å². The number of amides is 1. The van der Waals surface area contributed by atoms with Gasteiger partial charge in [-0.15, -0.1) is 10.2 Å². The van der Waals surface area contributed by atoms with Gasteiger partial charge in [-0.3, -0.25) is 4.79 Å². The third-order valence-corrected chi connectivity index (χ3v) is 6.20. The third kappa shape index (κ3) is 5.68. The topological polar surface area (TPSA) is 71.8 Å². The minimum Gasteiger partial charge on any atom is -0.378 e. The molecular weight excluding hydrogens is 441 g/mol. The summed E-state index contributed by atoms with van der Waals surface area (Å²) in [4.78, 5) is 12.5. The van der Waals surface area contributed by atoms with Gasteiger partial charge in [-0.25, -0.2) is 0 Å². The highest BCUT2D eigenvalue weighted by molar-refractivity contribution is 8.00. The molecule has 0 aliphatic rings. The molecule has 30 heavy (non-hydrogen) atoms. The molecule has 0 aliphatic carbocycles. The largest absolute Gasteiger partial charge is 0.378 e. The van der Waals surface area contributed by atoms with Crippen molar-refractivity contribution in [2.75, 3.05) is 10.6 Å². The fourth-order valence-electron chi connectivity index (χ4n) is 2.76. The van der Waals surface area contributed by atoms with E-state index < -0.39 is 0 Å². The maximum Gasteiger partial charge on any atom is 0.237 e. The minimum absolute atomic E-state index is 0.123. The first kappa shape index (κ1) is 22.5. The zero-order valence-electron chi connectivity index (χ0n) is 16.9. The number of anilines is 2. The minimum atomic E-state index is -0.352. The lowest BCUT2D eigenvalue weighted by Gasteiger charge is -2.13. The predicted octanol–water partition coefficient (Wildman–Crippen LogP) is 5.64. The van der Waals surface area contributed by atoms with Gasteiger partial charge >= 0.3 is 0 Å². The van der Waals surface area contributed by atoms with Crippen LogP contribution in [0.4, 0.5) is 11.4 Å². The Hall–Kier alpha value is -2.22. The molecule has 1 heterocycles. The van der Waals surface area contributed by atoms with Gasteiger partial charge in [-0.1, -0.05) is 47.1 Å². The Balaban J connectivity index is 1.64. The molecule has 0 aliphatic heterocycles. The highest BCUT2D eigenvalue weighted by Gasteiger charge is 2.20. The van der Waals surface area contributed by atoms with Gasteiger partial charge in [0.1, 0.15) is 0 Å². The second-order valence-corrected chi connectivity index (χ2v) is 8.87. The molecular formula is C21H23Cl2N5OS. The molecule has 0 fully saturated rings. The van der Waals surface area contributed by atoms with Crippen molar-refractivity contribution in [1.82, 2.24) is 14.8 Å². The van der Waals surface area contributed by atoms with Crippen LogP contribution in [0.5, 0.6) is 0 Å². The predicted molar refractivity (Wildman–Crippen MR) is 125 cm³/mol. The fourth-order valence-corrected chi connectivity index (χ4v) is 4.06. The van der Waals surface area contributed by atoms with E-state index in [-0.39, 0.29) is 11.2 Å². The summed E-state index contributed by atoms with van der Waals surface area (Å²) in [7, 11) is 0. The molecule has 2 N–H and O–H groups in total. The summed E-state index contributed by atoms with van der Waals surface area (Å²) in [5.41, 5.74) is 2.61. The van der Waals surface area contributed by atoms with Crippen molar-refractivity contribution >= 4 is 52.2 Å². The number of nitrogens with zero attached hydrogens (tertiary/aromatic N) is 3. The highest BCUT2D eigenvalue weighted by Crippen LogP contribution is 2.25. The molecule has 0 radical (unpaired) electrons. The first-order valence-corrected chi connectivity index (χ1v) is 11.2. The van der Waals surface area contributed by atoms with Gasteiger partial charge in [0.25, 0.3) is 0 Å². The van der Waals surface area contributed by atoms with Crippen LogP contribution in [0.2, 0.25) is 10.0 Å². The van der Waals surface area contributed by atoms with E-state index in [1.165, 1.54) is 11.8 Å². The number of halogens is 2. The molecule has 0 saturated heterocycles. The number of benzene rings is 2. The summed E-state index contributed by atoms with van der Waals surface area (Å²) < 4.78 is 2.00. The van der Waals surface area contributed by atoms with Crippen molar-refractivity contribution in [3.63, 3.8) is 0 Å². The molecule has 3 rings (SSSR count). The molecule has 6 nitrogen and oxygen atoms in total. The molecule has 0 bridgehead atoms. The van der Waals surface area contributed by atoms with E-state index in [0.29, 0.717) is 34.0 Å². The van der Waals surface area contributed by atoms with E-state index >= 15 is 0 Å². The maximum atomic E-state index is 12.5. The van der Waals surface area contributed by atoms with Gasteiger partial charge in [-0.05, 0) is 56.7 Å². The molecule has 1 aromatic heterocycles. The van der Waals surface area contributed by atoms with Gasteiger partial charge in [-0.2, -0.15) is 0 Å². The Morgan fingerprint density at radius 2 is 1.97 bits per heavy atom. The number of rotatable bonds is 8. The molecule has 0 spiro atoms. The average molecular weight is 464 g/mol. The van der Waals surface area contributed by atoms with Crippen molar-refractivity contribution in [2.24, 2.45) is 0 Å². The third-order valence-electron chi connectivity index (χ3n) is 4.48. The zero-order chi connectivity index (χ0) is 21.7. The maximum absolute atomic E-state index is 12.5. The van der Waals surface area contributed by atoms with Crippen LogP contribution in [0.3, 0.4) is 0 Å². The molecule has 1 atom stereocenters. The van der Waals surface area contributed by atoms with E-state index in [2.05, 4.69) is 20.8 Å². The van der Waals surface area contributed by atoms with E-state index in [1.807, 2.05) is 43.5 Å². The number of nitrogens with one attached hydrogen (secondary N) is 2. The van der Waals surface area contributed by atoms with E-state index in [9.17, 15) is 4.79 Å². The molecule has 2 aromatic carbocycles. The Bertz CT molecular complexity index is 1040. The van der Waals surface area contributed by atoms with E-state index in [0.717, 1.165) is 17.1 Å². The molecule has 9 heteroatoms. The summed E-state index contributed by atoms with van der Waals surface area (Å²) in [6, 6.07) is 12.9. The SMILES string of the molecule is CCn1c(CNc2ccc(C)c(Cl)c2)nnc1S[C@H](C)C(=O)Nc1cccc(Cl)c1. The van der Waals surface area contributed by atoms with Gasteiger partial charge in [0, 0.05) is 28.0 Å². The van der Waals surface area contributed by atoms with Crippen molar-refractivity contribution in [3.8, 4) is 0 Å². The van der Waals surface area contributed by atoms with Crippen LogP contribution in [-0.4, -0.2) is 25.9 Å². The van der Waals surface area contributed by atoms with Crippen molar-refractivity contribution in [3.05, 3.63) is 63.9 Å². The average Bonchev–Trinajstić information content (AvgIpc) is 3.10. The molecule has 0 unspecified atom stereocenters. The van der Waals surface area contributed by atoms with E-state index in [1.54, 1.807) is 24.3 Å². The van der Waals surface area contributed by atoms with Crippen LogP contribution in [0, 0.1) is 6.92 Å². The zero-order valence-corrected chi connectivity index (χ0v) is 19.3. The van der Waals surface area contributed by atoms with Gasteiger partial charge in [0.15, 0.2) is 11.0 Å². The van der Waals surface area contributed by atoms with Gasteiger partial charge in [0.2, 0.25) is 5.91 Å². The fraction of sp³-hybridized carbons (Fsp3) is 0.286. The number of hydrogen-bond acceptors (Lipinski definition) is 5. The number of aryl methyl sites for hydroxylation is 1. The lowest BCUT2D eigenvalue weighted by Crippen LogP contribution is -2.23. The number of carbonyl (C=O) groups excluding carboxylic acids is 1. The van der Waals surface area contributed by atoms with Crippen molar-refractivity contribution in [2.45, 2.75) is 44.3 Å². The lowest BCUT2D eigenvalue weighted by atomic mass is 10.2. The van der Waals surface area contributed by atoms with Crippen LogP contribution in [0.15, 0.2) is 47.6 Å². The summed E-state index contributed by atoms with van der Waals surface area (Å²) in [6.45, 7) is 7.03. The second kappa shape index (κ2) is 10.2. The summed E-state index contributed by atoms with van der Waals surface area (Å²) in [5, 5.41) is 16.4. The highest BCUT2D eigenvalue weighted by atomic mass is 35.5. The van der Waals surface area contributed by atoms with Crippen LogP contribution in [0.1, 0.15) is 25.2 Å². The molecule has 158 valence electrons. The van der Waals surface area contributed by atoms with E-state index in [4.69, 9.17) is 23.2 Å². The Morgan fingerprint density at radius 1 is 1.17 bits per heavy atom. The van der Waals surface area contributed by atoms with Crippen LogP contribution in [-0.2, 0) is 17.9 Å². The van der Waals surface area contributed by atoms with Crippen LogP contribution >= 0.6 is 35.0 Å². The van der Waals surface area contributed by atoms with Crippen LogP contribution < -0.4 is 10.6 Å². The number of thioether (sulfide) groups is 1. The number of hydrogen-bond donors (Lipinski definition) is 2. The summed E-state index contributed by atoms with van der Waals surface area (Å²) >= 11 is 13.5. The summed E-state index contributed by atoms with van der Waals surface area (Å²) in [5.74, 6) is 0.668. The molecule has 0 saturated carbocycles. The smallest absolute Gasteiger partial charge is 0.237 e. The monoisotopic (exact) mass is 463 g/mol. The normalized spacial score (nSPS) is 11.9. The molecule has 3 aromatic rings. The first-order valence-electron chi connectivity index (χ1n) is 9.52. The van der Waals surface area contributed by atoms with Crippen molar-refractivity contribution < 1.29 is 4.79 Å². The van der Waals surface area contributed by atoms with Gasteiger partial charge in [0.05, 0.1) is 11.8 Å². The van der Waals surface area contributed by atoms with Crippen molar-refractivity contribution in [1.29, 1.82) is 0 Å². The molecule has 1 amide bonds. The second-order valence-electron chi connectivity index (χ2n) is 6.72. The quantitative estimate of drug-likeness (QED) is 0.422. The van der Waals surface area contributed by atoms with Gasteiger partial charge < -0.3 is 15.2 Å². The standard InChI is InChI=1S/C21H23Cl2N5OS/c1-4-28-19(12-24-16-9-8-13(2)18(23)11-16)26-27-21(28)30-14(3)20(29)25-17-7-5-6-15(22)10-17/h5-11,14,24H,4,12H2,1-3H3,(H,25,29)/t14-/m1/s1. The number of carbonyl (C=O) groups is 1. The Labute approximate surface area is 190 Å². The Morgan fingerprint density at radius 3 is 2.67 bits per heavy atom. The number of aromatic nitrogens is 3. The lowest BCUT2D eigenvalue weighted by molar-refractivity contribution is -0.115. The first-order chi connectivity index (χ1) is 14.4. The Kier molecular flexibility index (Phi) is 7.64. The summed E-state index contributed by atoms with van der Waals surface area (Å²) in [6.07, 6.45) is 0.